The van der Waals surface area contributed by atoms with Crippen LogP contribution in [0.4, 0.5) is 4.39 Å². The fraction of sp³-hybridized carbons (Fsp3) is 0.238. The first-order chi connectivity index (χ1) is 13.0. The maximum Gasteiger partial charge on any atom is 0.226 e. The van der Waals surface area contributed by atoms with Crippen molar-refractivity contribution in [3.63, 3.8) is 0 Å². The topological polar surface area (TPSA) is 64.4 Å². The highest BCUT2D eigenvalue weighted by molar-refractivity contribution is 5.79. The summed E-state index contributed by atoms with van der Waals surface area (Å²) < 4.78 is 24.4. The second-order valence-electron chi connectivity index (χ2n) is 6.25. The summed E-state index contributed by atoms with van der Waals surface area (Å²) in [6.07, 6.45) is 0.0884. The summed E-state index contributed by atoms with van der Waals surface area (Å²) in [5.74, 6) is 0.586. The van der Waals surface area contributed by atoms with Crippen LogP contribution in [0.15, 0.2) is 52.9 Å². The van der Waals surface area contributed by atoms with Gasteiger partial charge in [0.05, 0.1) is 25.3 Å². The third kappa shape index (κ3) is 4.34. The highest BCUT2D eigenvalue weighted by Crippen LogP contribution is 2.23. The normalized spacial score (nSPS) is 11.9. The Kier molecular flexibility index (Phi) is 5.54. The van der Waals surface area contributed by atoms with Gasteiger partial charge >= 0.3 is 0 Å². The van der Waals surface area contributed by atoms with Gasteiger partial charge in [0.2, 0.25) is 11.8 Å². The lowest BCUT2D eigenvalue weighted by Crippen LogP contribution is -2.28. The van der Waals surface area contributed by atoms with Crippen LogP contribution in [-0.4, -0.2) is 18.0 Å². The minimum absolute atomic E-state index is 0.0884. The number of carbonyl (C=O) groups is 1. The predicted octanol–water partition coefficient (Wildman–Crippen LogP) is 4.22. The minimum Gasteiger partial charge on any atom is -0.494 e. The van der Waals surface area contributed by atoms with E-state index in [1.807, 2.05) is 30.3 Å². The molecule has 2 aromatic carbocycles. The number of benzene rings is 2. The standard InChI is InChI=1S/C21H21FN2O3/c1-13(16-9-10-19(26-3)17(22)11-16)23-20(25)12-18-14(2)27-21(24-18)15-7-5-4-6-8-15/h4-11,13H,12H2,1-3H3,(H,23,25). The first kappa shape index (κ1) is 18.6. The molecule has 1 atom stereocenters. The van der Waals surface area contributed by atoms with Gasteiger partial charge in [0, 0.05) is 5.56 Å². The highest BCUT2D eigenvalue weighted by atomic mass is 19.1. The van der Waals surface area contributed by atoms with E-state index in [4.69, 9.17) is 9.15 Å². The third-order valence-electron chi connectivity index (χ3n) is 4.29. The van der Waals surface area contributed by atoms with Crippen LogP contribution < -0.4 is 10.1 Å². The van der Waals surface area contributed by atoms with E-state index in [0.29, 0.717) is 22.9 Å². The number of aromatic nitrogens is 1. The van der Waals surface area contributed by atoms with Gasteiger partial charge in [-0.25, -0.2) is 9.37 Å². The molecule has 0 fully saturated rings. The molecule has 1 N–H and O–H groups in total. The van der Waals surface area contributed by atoms with E-state index < -0.39 is 5.82 Å². The van der Waals surface area contributed by atoms with Gasteiger partial charge in [0.25, 0.3) is 0 Å². The summed E-state index contributed by atoms with van der Waals surface area (Å²) in [6.45, 7) is 3.58. The van der Waals surface area contributed by atoms with Crippen molar-refractivity contribution in [2.24, 2.45) is 0 Å². The Labute approximate surface area is 157 Å². The maximum atomic E-state index is 13.9. The Hall–Kier alpha value is -3.15. The minimum atomic E-state index is -0.462. The average Bonchev–Trinajstić information content (AvgIpc) is 3.02. The number of aryl methyl sites for hydroxylation is 1. The number of ether oxygens (including phenoxy) is 1. The summed E-state index contributed by atoms with van der Waals surface area (Å²) in [4.78, 5) is 16.8. The molecule has 6 heteroatoms. The molecule has 0 aliphatic carbocycles. The van der Waals surface area contributed by atoms with Crippen molar-refractivity contribution in [2.45, 2.75) is 26.3 Å². The van der Waals surface area contributed by atoms with E-state index in [-0.39, 0.29) is 24.1 Å². The summed E-state index contributed by atoms with van der Waals surface area (Å²) >= 11 is 0. The van der Waals surface area contributed by atoms with Gasteiger partial charge < -0.3 is 14.5 Å². The average molecular weight is 368 g/mol. The fourth-order valence-corrected chi connectivity index (χ4v) is 2.78. The number of carbonyl (C=O) groups excluding carboxylic acids is 1. The number of nitrogens with zero attached hydrogens (tertiary/aromatic N) is 1. The van der Waals surface area contributed by atoms with Gasteiger partial charge in [-0.05, 0) is 43.7 Å². The quantitative estimate of drug-likeness (QED) is 0.708. The molecule has 0 radical (unpaired) electrons. The zero-order valence-electron chi connectivity index (χ0n) is 15.5. The van der Waals surface area contributed by atoms with Crippen LogP contribution in [0, 0.1) is 12.7 Å². The van der Waals surface area contributed by atoms with Gasteiger partial charge in [-0.1, -0.05) is 24.3 Å². The van der Waals surface area contributed by atoms with Crippen molar-refractivity contribution in [1.82, 2.24) is 10.3 Å². The lowest BCUT2D eigenvalue weighted by molar-refractivity contribution is -0.121. The molecule has 1 amide bonds. The van der Waals surface area contributed by atoms with E-state index in [1.54, 1.807) is 26.0 Å². The Morgan fingerprint density at radius 3 is 2.67 bits per heavy atom. The van der Waals surface area contributed by atoms with Crippen LogP contribution in [0.1, 0.15) is 30.0 Å². The number of rotatable bonds is 6. The number of nitrogens with one attached hydrogen (secondary N) is 1. The number of halogens is 1. The molecule has 140 valence electrons. The van der Waals surface area contributed by atoms with Gasteiger partial charge in [0.1, 0.15) is 5.76 Å². The fourth-order valence-electron chi connectivity index (χ4n) is 2.78. The SMILES string of the molecule is COc1ccc(C(C)NC(=O)Cc2nc(-c3ccccc3)oc2C)cc1F. The van der Waals surface area contributed by atoms with Crippen molar-refractivity contribution < 1.29 is 18.3 Å². The van der Waals surface area contributed by atoms with E-state index in [2.05, 4.69) is 10.3 Å². The van der Waals surface area contributed by atoms with Crippen molar-refractivity contribution in [3.8, 4) is 17.2 Å². The van der Waals surface area contributed by atoms with Gasteiger partial charge in [-0.15, -0.1) is 0 Å². The zero-order valence-corrected chi connectivity index (χ0v) is 15.5. The Morgan fingerprint density at radius 1 is 1.26 bits per heavy atom. The van der Waals surface area contributed by atoms with Crippen LogP contribution in [0.2, 0.25) is 0 Å². The molecular weight excluding hydrogens is 347 g/mol. The lowest BCUT2D eigenvalue weighted by atomic mass is 10.1. The molecule has 1 unspecified atom stereocenters. The van der Waals surface area contributed by atoms with Gasteiger partial charge in [-0.3, -0.25) is 4.79 Å². The first-order valence-corrected chi connectivity index (χ1v) is 8.62. The van der Waals surface area contributed by atoms with Gasteiger partial charge in [0.15, 0.2) is 11.6 Å². The Morgan fingerprint density at radius 2 is 2.00 bits per heavy atom. The van der Waals surface area contributed by atoms with Crippen LogP contribution in [0.5, 0.6) is 5.75 Å². The summed E-state index contributed by atoms with van der Waals surface area (Å²) in [7, 11) is 1.41. The second-order valence-corrected chi connectivity index (χ2v) is 6.25. The predicted molar refractivity (Wildman–Crippen MR) is 99.9 cm³/mol. The Balaban J connectivity index is 1.67. The molecule has 5 nitrogen and oxygen atoms in total. The number of amides is 1. The number of hydrogen-bond donors (Lipinski definition) is 1. The number of oxazole rings is 1. The largest absolute Gasteiger partial charge is 0.494 e. The zero-order chi connectivity index (χ0) is 19.4. The van der Waals surface area contributed by atoms with Gasteiger partial charge in [-0.2, -0.15) is 0 Å². The monoisotopic (exact) mass is 368 g/mol. The van der Waals surface area contributed by atoms with Crippen LogP contribution >= 0.6 is 0 Å². The molecule has 1 aromatic heterocycles. The van der Waals surface area contributed by atoms with E-state index in [1.165, 1.54) is 13.2 Å². The maximum absolute atomic E-state index is 13.9. The van der Waals surface area contributed by atoms with Crippen molar-refractivity contribution >= 4 is 5.91 Å². The Bertz CT molecular complexity index is 938. The molecule has 3 rings (SSSR count). The molecule has 0 spiro atoms. The van der Waals surface area contributed by atoms with Crippen molar-refractivity contribution in [3.05, 3.63) is 71.4 Å². The molecular formula is C21H21FN2O3. The first-order valence-electron chi connectivity index (χ1n) is 8.62. The molecule has 0 saturated carbocycles. The van der Waals surface area contributed by atoms with Crippen LogP contribution in [0.3, 0.4) is 0 Å². The van der Waals surface area contributed by atoms with Crippen LogP contribution in [-0.2, 0) is 11.2 Å². The number of hydrogen-bond acceptors (Lipinski definition) is 4. The summed E-state index contributed by atoms with van der Waals surface area (Å²) in [5, 5.41) is 2.86. The van der Waals surface area contributed by atoms with Crippen molar-refractivity contribution in [2.75, 3.05) is 7.11 Å². The molecule has 0 saturated heterocycles. The highest BCUT2D eigenvalue weighted by Gasteiger charge is 2.17. The number of methoxy groups -OCH3 is 1. The van der Waals surface area contributed by atoms with Crippen LogP contribution in [0.25, 0.3) is 11.5 Å². The third-order valence-corrected chi connectivity index (χ3v) is 4.29. The van der Waals surface area contributed by atoms with E-state index in [0.717, 1.165) is 5.56 Å². The summed E-state index contributed by atoms with van der Waals surface area (Å²) in [6, 6.07) is 13.8. The molecule has 0 bridgehead atoms. The molecule has 1 heterocycles. The smallest absolute Gasteiger partial charge is 0.226 e. The van der Waals surface area contributed by atoms with Crippen molar-refractivity contribution in [1.29, 1.82) is 0 Å². The molecule has 27 heavy (non-hydrogen) atoms. The van der Waals surface area contributed by atoms with E-state index >= 15 is 0 Å². The lowest BCUT2D eigenvalue weighted by Gasteiger charge is -2.15. The molecule has 0 aliphatic heterocycles. The molecule has 3 aromatic rings. The summed E-state index contributed by atoms with van der Waals surface area (Å²) in [5.41, 5.74) is 2.09. The molecule has 0 aliphatic rings. The second kappa shape index (κ2) is 8.03. The van der Waals surface area contributed by atoms with E-state index in [9.17, 15) is 9.18 Å².